The molecule has 166 valence electrons. The highest BCUT2D eigenvalue weighted by Crippen LogP contribution is 2.47. The standard InChI is InChI=1S/C24H29NO6/c1-12(2)31-24(28)19-14(4)25-16-11-13(3)18(23(27)30-6)22(26)21(16)20(19)15-9-7-8-10-17(15)29-5/h7-10,12-13,18,20,25H,11H2,1-6H3/t13-,18-,20-/m1/s1. The van der Waals surface area contributed by atoms with E-state index in [2.05, 4.69) is 5.32 Å². The van der Waals surface area contributed by atoms with E-state index >= 15 is 0 Å². The van der Waals surface area contributed by atoms with Crippen molar-refractivity contribution in [2.24, 2.45) is 11.8 Å². The lowest BCUT2D eigenvalue weighted by atomic mass is 9.69. The molecule has 0 aromatic heterocycles. The third-order valence-electron chi connectivity index (χ3n) is 5.76. The van der Waals surface area contributed by atoms with Gasteiger partial charge in [0.15, 0.2) is 5.78 Å². The number of dihydropyridines is 1. The molecule has 0 amide bonds. The molecule has 2 aliphatic rings. The fourth-order valence-corrected chi connectivity index (χ4v) is 4.44. The summed E-state index contributed by atoms with van der Waals surface area (Å²) in [6.07, 6.45) is 0.155. The molecule has 1 N–H and O–H groups in total. The zero-order chi connectivity index (χ0) is 22.9. The molecule has 0 spiro atoms. The van der Waals surface area contributed by atoms with Crippen LogP contribution in [0.2, 0.25) is 0 Å². The lowest BCUT2D eigenvalue weighted by molar-refractivity contribution is -0.151. The van der Waals surface area contributed by atoms with E-state index in [1.54, 1.807) is 33.9 Å². The molecular weight excluding hydrogens is 398 g/mol. The molecule has 1 aliphatic heterocycles. The number of ether oxygens (including phenoxy) is 3. The number of Topliss-reactive ketones (excluding diaryl/α,β-unsaturated/α-hetero) is 1. The van der Waals surface area contributed by atoms with Crippen molar-refractivity contribution in [3.63, 3.8) is 0 Å². The van der Waals surface area contributed by atoms with E-state index in [0.717, 1.165) is 0 Å². The summed E-state index contributed by atoms with van der Waals surface area (Å²) < 4.78 is 16.0. The number of para-hydroxylation sites is 1. The average molecular weight is 427 g/mol. The van der Waals surface area contributed by atoms with E-state index in [1.807, 2.05) is 25.1 Å². The Kier molecular flexibility index (Phi) is 6.53. The Bertz CT molecular complexity index is 974. The maximum atomic E-state index is 13.6. The lowest BCUT2D eigenvalue weighted by Crippen LogP contribution is -2.43. The van der Waals surface area contributed by atoms with E-state index in [0.29, 0.717) is 40.3 Å². The third kappa shape index (κ3) is 4.09. The van der Waals surface area contributed by atoms with Crippen LogP contribution >= 0.6 is 0 Å². The highest BCUT2D eigenvalue weighted by molar-refractivity contribution is 6.12. The van der Waals surface area contributed by atoms with Crippen LogP contribution in [0, 0.1) is 11.8 Å². The van der Waals surface area contributed by atoms with Gasteiger partial charge in [-0.2, -0.15) is 0 Å². The first-order valence-corrected chi connectivity index (χ1v) is 10.4. The van der Waals surface area contributed by atoms with E-state index < -0.39 is 23.8 Å². The van der Waals surface area contributed by atoms with Crippen molar-refractivity contribution in [1.82, 2.24) is 5.32 Å². The lowest BCUT2D eigenvalue weighted by Gasteiger charge is -2.38. The molecule has 0 fully saturated rings. The number of carbonyl (C=O) groups is 3. The zero-order valence-corrected chi connectivity index (χ0v) is 18.8. The number of hydrogen-bond donors (Lipinski definition) is 1. The van der Waals surface area contributed by atoms with E-state index in [9.17, 15) is 14.4 Å². The second kappa shape index (κ2) is 8.96. The first-order chi connectivity index (χ1) is 14.7. The van der Waals surface area contributed by atoms with E-state index in [1.165, 1.54) is 7.11 Å². The number of allylic oxidation sites excluding steroid dienone is 3. The highest BCUT2D eigenvalue weighted by Gasteiger charge is 2.47. The Morgan fingerprint density at radius 3 is 2.45 bits per heavy atom. The summed E-state index contributed by atoms with van der Waals surface area (Å²) in [5, 5.41) is 3.24. The van der Waals surface area contributed by atoms with Crippen LogP contribution in [0.1, 0.15) is 45.6 Å². The number of benzene rings is 1. The number of ketones is 1. The molecule has 3 rings (SSSR count). The van der Waals surface area contributed by atoms with Gasteiger partial charge in [0.25, 0.3) is 0 Å². The van der Waals surface area contributed by atoms with Crippen molar-refractivity contribution < 1.29 is 28.6 Å². The van der Waals surface area contributed by atoms with Gasteiger partial charge in [-0.15, -0.1) is 0 Å². The summed E-state index contributed by atoms with van der Waals surface area (Å²) in [6, 6.07) is 7.26. The molecule has 1 aliphatic carbocycles. The molecule has 1 aromatic carbocycles. The average Bonchev–Trinajstić information content (AvgIpc) is 2.71. The third-order valence-corrected chi connectivity index (χ3v) is 5.76. The molecule has 0 radical (unpaired) electrons. The van der Waals surface area contributed by atoms with Crippen molar-refractivity contribution in [3.8, 4) is 5.75 Å². The topological polar surface area (TPSA) is 90.9 Å². The normalized spacial score (nSPS) is 23.3. The van der Waals surface area contributed by atoms with Gasteiger partial charge in [-0.25, -0.2) is 4.79 Å². The van der Waals surface area contributed by atoms with Gasteiger partial charge in [0, 0.05) is 22.5 Å². The Morgan fingerprint density at radius 2 is 1.84 bits per heavy atom. The zero-order valence-electron chi connectivity index (χ0n) is 18.8. The van der Waals surface area contributed by atoms with Crippen LogP contribution in [0.15, 0.2) is 46.8 Å². The second-order valence-electron chi connectivity index (χ2n) is 8.23. The monoisotopic (exact) mass is 427 g/mol. The van der Waals surface area contributed by atoms with Crippen molar-refractivity contribution in [2.45, 2.75) is 46.1 Å². The summed E-state index contributed by atoms with van der Waals surface area (Å²) in [7, 11) is 2.82. The highest BCUT2D eigenvalue weighted by atomic mass is 16.5. The van der Waals surface area contributed by atoms with Crippen molar-refractivity contribution in [2.75, 3.05) is 14.2 Å². The van der Waals surface area contributed by atoms with Gasteiger partial charge in [0.1, 0.15) is 11.7 Å². The van der Waals surface area contributed by atoms with Crippen LogP contribution in [-0.4, -0.2) is 38.0 Å². The smallest absolute Gasteiger partial charge is 0.337 e. The van der Waals surface area contributed by atoms with Crippen LogP contribution in [0.3, 0.4) is 0 Å². The minimum atomic E-state index is -0.927. The Balaban J connectivity index is 2.23. The van der Waals surface area contributed by atoms with E-state index in [-0.39, 0.29) is 17.8 Å². The summed E-state index contributed by atoms with van der Waals surface area (Å²) in [4.78, 5) is 39.2. The van der Waals surface area contributed by atoms with Crippen LogP contribution < -0.4 is 10.1 Å². The van der Waals surface area contributed by atoms with Crippen molar-refractivity contribution >= 4 is 17.7 Å². The van der Waals surface area contributed by atoms with Gasteiger partial charge < -0.3 is 19.5 Å². The summed E-state index contributed by atoms with van der Waals surface area (Å²) >= 11 is 0. The minimum absolute atomic E-state index is 0.235. The molecule has 3 atom stereocenters. The van der Waals surface area contributed by atoms with Crippen LogP contribution in [0.5, 0.6) is 5.75 Å². The SMILES string of the molecule is COC(=O)[C@H]1C(=O)C2=C(C[C@H]1C)NC(C)=C(C(=O)OC(C)C)[C@H]2c1ccccc1OC. The Labute approximate surface area is 182 Å². The Hall–Kier alpha value is -3.09. The number of rotatable bonds is 5. The number of carbonyl (C=O) groups excluding carboxylic acids is 3. The summed E-state index contributed by atoms with van der Waals surface area (Å²) in [6.45, 7) is 7.19. The Morgan fingerprint density at radius 1 is 1.16 bits per heavy atom. The van der Waals surface area contributed by atoms with Crippen LogP contribution in [0.4, 0.5) is 0 Å². The quantitative estimate of drug-likeness (QED) is 0.570. The summed E-state index contributed by atoms with van der Waals surface area (Å²) in [5.74, 6) is -2.75. The molecule has 7 nitrogen and oxygen atoms in total. The molecule has 1 aromatic rings. The largest absolute Gasteiger partial charge is 0.496 e. The van der Waals surface area contributed by atoms with Gasteiger partial charge in [-0.1, -0.05) is 25.1 Å². The molecule has 1 heterocycles. The molecule has 0 saturated carbocycles. The maximum absolute atomic E-state index is 13.6. The van der Waals surface area contributed by atoms with Crippen molar-refractivity contribution in [1.29, 1.82) is 0 Å². The van der Waals surface area contributed by atoms with E-state index in [4.69, 9.17) is 14.2 Å². The predicted octanol–water partition coefficient (Wildman–Crippen LogP) is 3.26. The molecular formula is C24H29NO6. The number of nitrogens with one attached hydrogen (secondary N) is 1. The van der Waals surface area contributed by atoms with Gasteiger partial charge in [0.2, 0.25) is 0 Å². The van der Waals surface area contributed by atoms with Gasteiger partial charge >= 0.3 is 11.9 Å². The summed E-state index contributed by atoms with van der Waals surface area (Å²) in [5.41, 5.74) is 2.73. The fourth-order valence-electron chi connectivity index (χ4n) is 4.44. The minimum Gasteiger partial charge on any atom is -0.496 e. The number of esters is 2. The van der Waals surface area contributed by atoms with Gasteiger partial charge in [-0.05, 0) is 39.2 Å². The predicted molar refractivity (Wildman–Crippen MR) is 114 cm³/mol. The molecule has 7 heteroatoms. The molecule has 0 bridgehead atoms. The fraction of sp³-hybridized carbons (Fsp3) is 0.458. The molecule has 0 unspecified atom stereocenters. The van der Waals surface area contributed by atoms with Gasteiger partial charge in [0.05, 0.1) is 31.8 Å². The van der Waals surface area contributed by atoms with Crippen LogP contribution in [-0.2, 0) is 23.9 Å². The maximum Gasteiger partial charge on any atom is 0.337 e. The molecule has 31 heavy (non-hydrogen) atoms. The number of hydrogen-bond acceptors (Lipinski definition) is 7. The first kappa shape index (κ1) is 22.6. The number of methoxy groups -OCH3 is 2. The van der Waals surface area contributed by atoms with Crippen LogP contribution in [0.25, 0.3) is 0 Å². The second-order valence-corrected chi connectivity index (χ2v) is 8.23. The first-order valence-electron chi connectivity index (χ1n) is 10.4. The molecule has 0 saturated heterocycles. The van der Waals surface area contributed by atoms with Crippen molar-refractivity contribution in [3.05, 3.63) is 52.4 Å². The van der Waals surface area contributed by atoms with Gasteiger partial charge in [-0.3, -0.25) is 9.59 Å².